The summed E-state index contributed by atoms with van der Waals surface area (Å²) in [6, 6.07) is 9.36. The SMILES string of the molecule is O=C(CCC1CCCCC1)N[C@@H](CO)c1ccccc1. The van der Waals surface area contributed by atoms with Crippen LogP contribution in [0.1, 0.15) is 56.6 Å². The van der Waals surface area contributed by atoms with Crippen LogP contribution in [0.4, 0.5) is 0 Å². The highest BCUT2D eigenvalue weighted by Crippen LogP contribution is 2.27. The maximum absolute atomic E-state index is 12.0. The van der Waals surface area contributed by atoms with Crippen molar-refractivity contribution in [2.24, 2.45) is 5.92 Å². The Hall–Kier alpha value is -1.35. The van der Waals surface area contributed by atoms with Gasteiger partial charge in [0.05, 0.1) is 12.6 Å². The molecule has 1 saturated carbocycles. The van der Waals surface area contributed by atoms with Crippen LogP contribution in [0.2, 0.25) is 0 Å². The van der Waals surface area contributed by atoms with Gasteiger partial charge in [-0.05, 0) is 17.9 Å². The Morgan fingerprint density at radius 1 is 1.20 bits per heavy atom. The van der Waals surface area contributed by atoms with E-state index < -0.39 is 0 Å². The molecule has 1 aromatic rings. The van der Waals surface area contributed by atoms with Gasteiger partial charge in [0.15, 0.2) is 0 Å². The summed E-state index contributed by atoms with van der Waals surface area (Å²) in [7, 11) is 0. The normalized spacial score (nSPS) is 17.6. The number of aliphatic hydroxyl groups is 1. The number of benzene rings is 1. The van der Waals surface area contributed by atoms with Gasteiger partial charge in [0, 0.05) is 6.42 Å². The predicted molar refractivity (Wildman–Crippen MR) is 80.2 cm³/mol. The zero-order chi connectivity index (χ0) is 14.2. The third-order valence-electron chi connectivity index (χ3n) is 4.22. The molecule has 1 aliphatic carbocycles. The van der Waals surface area contributed by atoms with Crippen molar-refractivity contribution < 1.29 is 9.90 Å². The first-order valence-electron chi connectivity index (χ1n) is 7.74. The minimum Gasteiger partial charge on any atom is -0.394 e. The van der Waals surface area contributed by atoms with Crippen LogP contribution in [-0.2, 0) is 4.79 Å². The average Bonchev–Trinajstić information content (AvgIpc) is 2.52. The van der Waals surface area contributed by atoms with Gasteiger partial charge >= 0.3 is 0 Å². The van der Waals surface area contributed by atoms with Crippen molar-refractivity contribution in [3.63, 3.8) is 0 Å². The Morgan fingerprint density at radius 2 is 1.90 bits per heavy atom. The molecule has 2 rings (SSSR count). The van der Waals surface area contributed by atoms with Gasteiger partial charge < -0.3 is 10.4 Å². The maximum atomic E-state index is 12.0. The fourth-order valence-electron chi connectivity index (χ4n) is 3.00. The van der Waals surface area contributed by atoms with Gasteiger partial charge in [-0.3, -0.25) is 4.79 Å². The van der Waals surface area contributed by atoms with Gasteiger partial charge in [0.2, 0.25) is 5.91 Å². The highest BCUT2D eigenvalue weighted by molar-refractivity contribution is 5.76. The Bertz CT molecular complexity index is 399. The average molecular weight is 275 g/mol. The largest absolute Gasteiger partial charge is 0.394 e. The molecule has 3 heteroatoms. The Morgan fingerprint density at radius 3 is 2.55 bits per heavy atom. The van der Waals surface area contributed by atoms with E-state index in [1.54, 1.807) is 0 Å². The molecule has 0 unspecified atom stereocenters. The number of amides is 1. The summed E-state index contributed by atoms with van der Waals surface area (Å²) in [5.74, 6) is 0.775. The molecule has 1 aromatic carbocycles. The van der Waals surface area contributed by atoms with Crippen molar-refractivity contribution in [1.82, 2.24) is 5.32 Å². The van der Waals surface area contributed by atoms with E-state index in [9.17, 15) is 9.90 Å². The molecule has 0 radical (unpaired) electrons. The summed E-state index contributed by atoms with van der Waals surface area (Å²) in [6.07, 6.45) is 8.09. The van der Waals surface area contributed by atoms with E-state index in [1.807, 2.05) is 30.3 Å². The van der Waals surface area contributed by atoms with Crippen LogP contribution in [0.25, 0.3) is 0 Å². The lowest BCUT2D eigenvalue weighted by atomic mass is 9.86. The van der Waals surface area contributed by atoms with Crippen LogP contribution in [0.5, 0.6) is 0 Å². The van der Waals surface area contributed by atoms with E-state index in [2.05, 4.69) is 5.32 Å². The second-order valence-electron chi connectivity index (χ2n) is 5.76. The Labute approximate surface area is 121 Å². The Kier molecular flexibility index (Phi) is 6.06. The zero-order valence-corrected chi connectivity index (χ0v) is 12.1. The number of carbonyl (C=O) groups is 1. The van der Waals surface area contributed by atoms with Gasteiger partial charge in [-0.1, -0.05) is 62.4 Å². The monoisotopic (exact) mass is 275 g/mol. The quantitative estimate of drug-likeness (QED) is 0.837. The van der Waals surface area contributed by atoms with Gasteiger partial charge in [0.1, 0.15) is 0 Å². The number of hydrogen-bond donors (Lipinski definition) is 2. The van der Waals surface area contributed by atoms with Crippen LogP contribution in [-0.4, -0.2) is 17.6 Å². The van der Waals surface area contributed by atoms with Crippen LogP contribution in [0, 0.1) is 5.92 Å². The van der Waals surface area contributed by atoms with Gasteiger partial charge in [0.25, 0.3) is 0 Å². The maximum Gasteiger partial charge on any atom is 0.220 e. The van der Waals surface area contributed by atoms with Gasteiger partial charge in [-0.25, -0.2) is 0 Å². The van der Waals surface area contributed by atoms with E-state index >= 15 is 0 Å². The molecule has 1 aliphatic rings. The van der Waals surface area contributed by atoms with E-state index in [-0.39, 0.29) is 18.6 Å². The van der Waals surface area contributed by atoms with E-state index in [0.717, 1.165) is 17.9 Å². The summed E-state index contributed by atoms with van der Waals surface area (Å²) in [5, 5.41) is 12.4. The third-order valence-corrected chi connectivity index (χ3v) is 4.22. The van der Waals surface area contributed by atoms with Crippen molar-refractivity contribution in [2.75, 3.05) is 6.61 Å². The molecule has 0 aromatic heterocycles. The van der Waals surface area contributed by atoms with Crippen molar-refractivity contribution in [1.29, 1.82) is 0 Å². The molecular weight excluding hydrogens is 250 g/mol. The number of carbonyl (C=O) groups excluding carboxylic acids is 1. The van der Waals surface area contributed by atoms with Crippen LogP contribution < -0.4 is 5.32 Å². The molecular formula is C17H25NO2. The first-order valence-corrected chi connectivity index (χ1v) is 7.74. The predicted octanol–water partition coefficient (Wildman–Crippen LogP) is 3.20. The molecule has 0 spiro atoms. The number of hydrogen-bond acceptors (Lipinski definition) is 2. The van der Waals surface area contributed by atoms with Crippen LogP contribution >= 0.6 is 0 Å². The molecule has 0 heterocycles. The third kappa shape index (κ3) is 4.64. The lowest BCUT2D eigenvalue weighted by Gasteiger charge is -2.22. The summed E-state index contributed by atoms with van der Waals surface area (Å²) in [4.78, 5) is 12.0. The van der Waals surface area contributed by atoms with Gasteiger partial charge in [-0.15, -0.1) is 0 Å². The highest BCUT2D eigenvalue weighted by atomic mass is 16.3. The van der Waals surface area contributed by atoms with Crippen molar-refractivity contribution >= 4 is 5.91 Å². The summed E-state index contributed by atoms with van der Waals surface area (Å²) >= 11 is 0. The standard InChI is InChI=1S/C17H25NO2/c19-13-16(15-9-5-2-6-10-15)18-17(20)12-11-14-7-3-1-4-8-14/h2,5-6,9-10,14,16,19H,1,3-4,7-8,11-13H2,(H,18,20)/t16-/m0/s1. The minimum absolute atomic E-state index is 0.0541. The van der Waals surface area contributed by atoms with Crippen molar-refractivity contribution in [2.45, 2.75) is 51.0 Å². The number of aliphatic hydroxyl groups excluding tert-OH is 1. The molecule has 0 saturated heterocycles. The molecule has 1 atom stereocenters. The fraction of sp³-hybridized carbons (Fsp3) is 0.588. The van der Waals surface area contributed by atoms with Crippen LogP contribution in [0.3, 0.4) is 0 Å². The molecule has 1 amide bonds. The van der Waals surface area contributed by atoms with E-state index in [1.165, 1.54) is 32.1 Å². The van der Waals surface area contributed by atoms with Crippen LogP contribution in [0.15, 0.2) is 30.3 Å². The smallest absolute Gasteiger partial charge is 0.220 e. The highest BCUT2D eigenvalue weighted by Gasteiger charge is 2.17. The van der Waals surface area contributed by atoms with Crippen molar-refractivity contribution in [3.8, 4) is 0 Å². The molecule has 2 N–H and O–H groups in total. The number of rotatable bonds is 6. The lowest BCUT2D eigenvalue weighted by molar-refractivity contribution is -0.122. The molecule has 1 fully saturated rings. The Balaban J connectivity index is 1.77. The summed E-state index contributed by atoms with van der Waals surface area (Å²) < 4.78 is 0. The van der Waals surface area contributed by atoms with E-state index in [4.69, 9.17) is 0 Å². The second kappa shape index (κ2) is 8.05. The zero-order valence-electron chi connectivity index (χ0n) is 12.1. The first kappa shape index (κ1) is 15.0. The van der Waals surface area contributed by atoms with E-state index in [0.29, 0.717) is 6.42 Å². The lowest BCUT2D eigenvalue weighted by Crippen LogP contribution is -2.31. The fourth-order valence-corrected chi connectivity index (χ4v) is 3.00. The van der Waals surface area contributed by atoms with Gasteiger partial charge in [-0.2, -0.15) is 0 Å². The number of nitrogens with one attached hydrogen (secondary N) is 1. The topological polar surface area (TPSA) is 49.3 Å². The molecule has 20 heavy (non-hydrogen) atoms. The van der Waals surface area contributed by atoms with Crippen molar-refractivity contribution in [3.05, 3.63) is 35.9 Å². The molecule has 0 bridgehead atoms. The molecule has 0 aliphatic heterocycles. The minimum atomic E-state index is -0.282. The molecule has 110 valence electrons. The summed E-state index contributed by atoms with van der Waals surface area (Å²) in [6.45, 7) is -0.0564. The molecule has 3 nitrogen and oxygen atoms in total. The first-order chi connectivity index (χ1) is 9.79. The summed E-state index contributed by atoms with van der Waals surface area (Å²) in [5.41, 5.74) is 0.959. The second-order valence-corrected chi connectivity index (χ2v) is 5.76.